The number of amides is 1. The Morgan fingerprint density at radius 1 is 1.30 bits per heavy atom. The molecule has 3 rings (SSSR count). The molecule has 1 aliphatic heterocycles. The molecule has 0 spiro atoms. The van der Waals surface area contributed by atoms with Gasteiger partial charge in [-0.25, -0.2) is 0 Å². The number of hydrogen-bond donors (Lipinski definition) is 1. The van der Waals surface area contributed by atoms with Crippen LogP contribution in [0.1, 0.15) is 43.2 Å². The Morgan fingerprint density at radius 2 is 2.05 bits per heavy atom. The van der Waals surface area contributed by atoms with Crippen molar-refractivity contribution in [3.8, 4) is 0 Å². The Labute approximate surface area is 121 Å². The van der Waals surface area contributed by atoms with E-state index in [4.69, 9.17) is 0 Å². The molecule has 0 saturated carbocycles. The summed E-state index contributed by atoms with van der Waals surface area (Å²) in [6, 6.07) is 8.82. The van der Waals surface area contributed by atoms with E-state index in [2.05, 4.69) is 35.3 Å². The van der Waals surface area contributed by atoms with Gasteiger partial charge in [-0.2, -0.15) is 0 Å². The highest BCUT2D eigenvalue weighted by Gasteiger charge is 2.36. The van der Waals surface area contributed by atoms with Crippen LogP contribution in [-0.4, -0.2) is 36.5 Å². The number of nitrogens with one attached hydrogen (secondary N) is 1. The summed E-state index contributed by atoms with van der Waals surface area (Å²) in [5.41, 5.74) is 2.61. The maximum Gasteiger partial charge on any atom is 0.230 e. The van der Waals surface area contributed by atoms with E-state index in [0.29, 0.717) is 11.9 Å². The van der Waals surface area contributed by atoms with Gasteiger partial charge in [-0.3, -0.25) is 4.79 Å². The second kappa shape index (κ2) is 5.96. The summed E-state index contributed by atoms with van der Waals surface area (Å²) in [5.74, 6) is 0.477. The van der Waals surface area contributed by atoms with Crippen molar-refractivity contribution in [2.45, 2.75) is 44.6 Å². The van der Waals surface area contributed by atoms with E-state index < -0.39 is 0 Å². The van der Waals surface area contributed by atoms with Crippen molar-refractivity contribution in [1.29, 1.82) is 0 Å². The lowest BCUT2D eigenvalue weighted by Crippen LogP contribution is -2.49. The minimum Gasteiger partial charge on any atom is -0.339 e. The van der Waals surface area contributed by atoms with Crippen LogP contribution in [-0.2, 0) is 11.2 Å². The number of piperidine rings is 1. The number of hydrogen-bond acceptors (Lipinski definition) is 2. The van der Waals surface area contributed by atoms with Crippen LogP contribution < -0.4 is 5.32 Å². The first-order chi connectivity index (χ1) is 9.81. The monoisotopic (exact) mass is 272 g/mol. The van der Waals surface area contributed by atoms with Crippen LogP contribution in [0.2, 0.25) is 0 Å². The largest absolute Gasteiger partial charge is 0.339 e. The van der Waals surface area contributed by atoms with Crippen molar-refractivity contribution in [3.05, 3.63) is 35.4 Å². The Hall–Kier alpha value is -1.35. The van der Waals surface area contributed by atoms with Gasteiger partial charge in [-0.1, -0.05) is 31.2 Å². The normalized spacial score (nSPS) is 21.9. The van der Waals surface area contributed by atoms with Crippen LogP contribution >= 0.6 is 0 Å². The van der Waals surface area contributed by atoms with Gasteiger partial charge in [0.15, 0.2) is 0 Å². The van der Waals surface area contributed by atoms with E-state index in [1.54, 1.807) is 0 Å². The topological polar surface area (TPSA) is 32.3 Å². The molecule has 1 unspecified atom stereocenters. The summed E-state index contributed by atoms with van der Waals surface area (Å²) in [4.78, 5) is 15.1. The number of rotatable bonds is 4. The molecular formula is C17H24N2O. The van der Waals surface area contributed by atoms with Crippen LogP contribution in [0, 0.1) is 0 Å². The van der Waals surface area contributed by atoms with Crippen molar-refractivity contribution in [2.24, 2.45) is 0 Å². The summed E-state index contributed by atoms with van der Waals surface area (Å²) in [6.07, 6.45) is 4.17. The fraction of sp³-hybridized carbons (Fsp3) is 0.588. The van der Waals surface area contributed by atoms with Crippen LogP contribution in [0.25, 0.3) is 0 Å². The molecule has 1 amide bonds. The highest BCUT2D eigenvalue weighted by atomic mass is 16.2. The molecule has 1 fully saturated rings. The zero-order chi connectivity index (χ0) is 13.9. The molecule has 2 aliphatic rings. The van der Waals surface area contributed by atoms with Gasteiger partial charge in [0.2, 0.25) is 5.91 Å². The Balaban J connectivity index is 1.73. The molecule has 3 nitrogen and oxygen atoms in total. The molecule has 1 aromatic rings. The third kappa shape index (κ3) is 2.47. The van der Waals surface area contributed by atoms with Gasteiger partial charge < -0.3 is 10.2 Å². The zero-order valence-electron chi connectivity index (χ0n) is 12.3. The van der Waals surface area contributed by atoms with E-state index in [0.717, 1.165) is 45.3 Å². The Bertz CT molecular complexity index is 480. The summed E-state index contributed by atoms with van der Waals surface area (Å²) in [7, 11) is 0. The lowest BCUT2D eigenvalue weighted by atomic mass is 9.76. The molecule has 20 heavy (non-hydrogen) atoms. The molecule has 1 heterocycles. The van der Waals surface area contributed by atoms with Gasteiger partial charge in [-0.05, 0) is 49.9 Å². The summed E-state index contributed by atoms with van der Waals surface area (Å²) < 4.78 is 0. The first-order valence-corrected chi connectivity index (χ1v) is 7.90. The number of carbonyl (C=O) groups excluding carboxylic acids is 1. The molecule has 1 N–H and O–H groups in total. The standard InChI is InChI=1S/C17H24N2O/c1-2-11-19(14-7-9-18-10-8-14)17(20)16-12-13-5-3-4-6-15(13)16/h3-6,14,16,18H,2,7-12H2,1H3. The quantitative estimate of drug-likeness (QED) is 0.912. The molecule has 3 heteroatoms. The molecule has 0 bridgehead atoms. The molecule has 1 atom stereocenters. The van der Waals surface area contributed by atoms with E-state index >= 15 is 0 Å². The van der Waals surface area contributed by atoms with Crippen molar-refractivity contribution >= 4 is 5.91 Å². The van der Waals surface area contributed by atoms with Gasteiger partial charge >= 0.3 is 0 Å². The lowest BCUT2D eigenvalue weighted by molar-refractivity contribution is -0.136. The average molecular weight is 272 g/mol. The average Bonchev–Trinajstić information content (AvgIpc) is 2.47. The molecular weight excluding hydrogens is 248 g/mol. The minimum atomic E-state index is 0.118. The predicted molar refractivity (Wildman–Crippen MR) is 80.8 cm³/mol. The second-order valence-electron chi connectivity index (χ2n) is 5.97. The van der Waals surface area contributed by atoms with Crippen LogP contribution in [0.3, 0.4) is 0 Å². The molecule has 108 valence electrons. The van der Waals surface area contributed by atoms with Crippen molar-refractivity contribution in [3.63, 3.8) is 0 Å². The Morgan fingerprint density at radius 3 is 2.75 bits per heavy atom. The smallest absolute Gasteiger partial charge is 0.230 e. The number of carbonyl (C=O) groups is 1. The summed E-state index contributed by atoms with van der Waals surface area (Å²) in [6.45, 7) is 5.15. The zero-order valence-corrected chi connectivity index (χ0v) is 12.3. The highest BCUT2D eigenvalue weighted by Crippen LogP contribution is 2.37. The van der Waals surface area contributed by atoms with Gasteiger partial charge in [0.25, 0.3) is 0 Å². The summed E-state index contributed by atoms with van der Waals surface area (Å²) in [5, 5.41) is 3.39. The lowest BCUT2D eigenvalue weighted by Gasteiger charge is -2.39. The van der Waals surface area contributed by atoms with Gasteiger partial charge in [-0.15, -0.1) is 0 Å². The third-order valence-corrected chi connectivity index (χ3v) is 4.65. The number of nitrogens with zero attached hydrogens (tertiary/aromatic N) is 1. The fourth-order valence-corrected chi connectivity index (χ4v) is 3.51. The van der Waals surface area contributed by atoms with Gasteiger partial charge in [0.1, 0.15) is 0 Å². The Kier molecular flexibility index (Phi) is 4.06. The van der Waals surface area contributed by atoms with Crippen LogP contribution in [0.15, 0.2) is 24.3 Å². The predicted octanol–water partition coefficient (Wildman–Crippen LogP) is 2.32. The summed E-state index contributed by atoms with van der Waals surface area (Å²) >= 11 is 0. The van der Waals surface area contributed by atoms with Crippen molar-refractivity contribution < 1.29 is 4.79 Å². The van der Waals surface area contributed by atoms with Gasteiger partial charge in [0, 0.05) is 12.6 Å². The molecule has 1 saturated heterocycles. The fourth-order valence-electron chi connectivity index (χ4n) is 3.51. The van der Waals surface area contributed by atoms with Crippen molar-refractivity contribution in [1.82, 2.24) is 10.2 Å². The minimum absolute atomic E-state index is 0.118. The molecule has 1 aliphatic carbocycles. The van der Waals surface area contributed by atoms with Crippen molar-refractivity contribution in [2.75, 3.05) is 19.6 Å². The number of benzene rings is 1. The van der Waals surface area contributed by atoms with E-state index in [1.807, 2.05) is 6.07 Å². The second-order valence-corrected chi connectivity index (χ2v) is 5.97. The first-order valence-electron chi connectivity index (χ1n) is 7.90. The van der Waals surface area contributed by atoms with E-state index in [-0.39, 0.29) is 5.92 Å². The molecule has 1 aromatic carbocycles. The van der Waals surface area contributed by atoms with E-state index in [1.165, 1.54) is 11.1 Å². The highest BCUT2D eigenvalue weighted by molar-refractivity contribution is 5.87. The van der Waals surface area contributed by atoms with Crippen LogP contribution in [0.5, 0.6) is 0 Å². The van der Waals surface area contributed by atoms with Gasteiger partial charge in [0.05, 0.1) is 5.92 Å². The maximum atomic E-state index is 12.9. The van der Waals surface area contributed by atoms with Crippen LogP contribution in [0.4, 0.5) is 0 Å². The first kappa shape index (κ1) is 13.6. The maximum absolute atomic E-state index is 12.9. The van der Waals surface area contributed by atoms with E-state index in [9.17, 15) is 4.79 Å². The number of fused-ring (bicyclic) bond motifs is 1. The SMILES string of the molecule is CCCN(C(=O)C1Cc2ccccc21)C1CCNCC1. The molecule has 0 aromatic heterocycles. The third-order valence-electron chi connectivity index (χ3n) is 4.65. The molecule has 0 radical (unpaired) electrons.